The summed E-state index contributed by atoms with van der Waals surface area (Å²) in [4.78, 5) is 26.7. The third-order valence-electron chi connectivity index (χ3n) is 4.07. The number of carbonyl (C=O) groups excluding carboxylic acids is 2. The third kappa shape index (κ3) is 6.75. The largest absolute Gasteiger partial charge is 0.484 e. The number of amides is 2. The Labute approximate surface area is 160 Å². The molecule has 0 radical (unpaired) electrons. The number of carbonyl (C=O) groups is 2. The molecule has 0 aliphatic rings. The number of hydrogen-bond acceptors (Lipinski definition) is 4. The predicted molar refractivity (Wildman–Crippen MR) is 103 cm³/mol. The molecule has 2 aromatic rings. The quantitative estimate of drug-likeness (QED) is 0.652. The Morgan fingerprint density at radius 3 is 2.30 bits per heavy atom. The average molecular weight is 370 g/mol. The molecule has 27 heavy (non-hydrogen) atoms. The molecule has 2 aromatic carbocycles. The highest BCUT2D eigenvalue weighted by Crippen LogP contribution is 2.12. The maximum atomic E-state index is 12.8. The first kappa shape index (κ1) is 20.5. The zero-order valence-electron chi connectivity index (χ0n) is 15.8. The summed E-state index contributed by atoms with van der Waals surface area (Å²) in [5.74, 6) is 0.135. The van der Waals surface area contributed by atoms with Crippen molar-refractivity contribution in [2.24, 2.45) is 0 Å². The Bertz CT molecular complexity index is 707. The van der Waals surface area contributed by atoms with E-state index in [-0.39, 0.29) is 18.4 Å². The molecule has 1 N–H and O–H groups in total. The van der Waals surface area contributed by atoms with Crippen molar-refractivity contribution < 1.29 is 19.1 Å². The summed E-state index contributed by atoms with van der Waals surface area (Å²) in [5, 5.41) is 2.78. The molecule has 0 aromatic heterocycles. The molecule has 0 fully saturated rings. The number of rotatable bonds is 10. The van der Waals surface area contributed by atoms with Gasteiger partial charge in [0.1, 0.15) is 11.8 Å². The fourth-order valence-corrected chi connectivity index (χ4v) is 2.53. The summed E-state index contributed by atoms with van der Waals surface area (Å²) in [6.07, 6.45) is 0. The molecule has 2 amide bonds. The van der Waals surface area contributed by atoms with Crippen LogP contribution in [-0.2, 0) is 20.9 Å². The molecule has 0 bridgehead atoms. The lowest BCUT2D eigenvalue weighted by molar-refractivity contribution is -0.142. The molecule has 6 nitrogen and oxygen atoms in total. The van der Waals surface area contributed by atoms with Gasteiger partial charge < -0.3 is 19.7 Å². The predicted octanol–water partition coefficient (Wildman–Crippen LogP) is 2.25. The molecule has 0 saturated carbocycles. The second-order valence-corrected chi connectivity index (χ2v) is 6.07. The van der Waals surface area contributed by atoms with Crippen LogP contribution in [-0.4, -0.2) is 49.6 Å². The first-order chi connectivity index (χ1) is 13.1. The number of nitrogens with zero attached hydrogens (tertiary/aromatic N) is 1. The van der Waals surface area contributed by atoms with Crippen LogP contribution in [0, 0.1) is 0 Å². The van der Waals surface area contributed by atoms with E-state index in [1.807, 2.05) is 48.5 Å². The summed E-state index contributed by atoms with van der Waals surface area (Å²) in [6, 6.07) is 18.1. The van der Waals surface area contributed by atoms with Crippen LogP contribution < -0.4 is 10.1 Å². The molecular weight excluding hydrogens is 344 g/mol. The van der Waals surface area contributed by atoms with E-state index in [1.54, 1.807) is 26.2 Å². The van der Waals surface area contributed by atoms with E-state index in [9.17, 15) is 9.59 Å². The molecule has 1 atom stereocenters. The van der Waals surface area contributed by atoms with E-state index in [1.165, 1.54) is 4.90 Å². The van der Waals surface area contributed by atoms with E-state index >= 15 is 0 Å². The molecule has 0 aliphatic heterocycles. The number of ether oxygens (including phenoxy) is 2. The topological polar surface area (TPSA) is 67.9 Å². The molecule has 0 spiro atoms. The normalized spacial score (nSPS) is 11.5. The van der Waals surface area contributed by atoms with Crippen LogP contribution in [0.5, 0.6) is 5.75 Å². The van der Waals surface area contributed by atoms with Gasteiger partial charge in [-0.25, -0.2) is 0 Å². The molecule has 6 heteroatoms. The van der Waals surface area contributed by atoms with Crippen molar-refractivity contribution in [3.63, 3.8) is 0 Å². The monoisotopic (exact) mass is 370 g/mol. The lowest BCUT2D eigenvalue weighted by Gasteiger charge is -2.28. The lowest BCUT2D eigenvalue weighted by atomic mass is 10.1. The Kier molecular flexibility index (Phi) is 8.32. The zero-order chi connectivity index (χ0) is 19.5. The molecule has 2 rings (SSSR count). The number of hydrogen-bond donors (Lipinski definition) is 1. The molecule has 0 aliphatic carbocycles. The molecule has 0 unspecified atom stereocenters. The van der Waals surface area contributed by atoms with E-state index in [4.69, 9.17) is 9.47 Å². The van der Waals surface area contributed by atoms with Crippen molar-refractivity contribution in [2.75, 3.05) is 26.9 Å². The van der Waals surface area contributed by atoms with Gasteiger partial charge >= 0.3 is 0 Å². The van der Waals surface area contributed by atoms with Gasteiger partial charge in [-0.2, -0.15) is 0 Å². The van der Waals surface area contributed by atoms with Gasteiger partial charge in [0, 0.05) is 20.2 Å². The van der Waals surface area contributed by atoms with Crippen molar-refractivity contribution in [3.05, 3.63) is 66.2 Å². The smallest absolute Gasteiger partial charge is 0.261 e. The second-order valence-electron chi connectivity index (χ2n) is 6.07. The van der Waals surface area contributed by atoms with Crippen molar-refractivity contribution in [2.45, 2.75) is 19.5 Å². The first-order valence-electron chi connectivity index (χ1n) is 8.89. The highest BCUT2D eigenvalue weighted by atomic mass is 16.5. The van der Waals surface area contributed by atoms with Crippen molar-refractivity contribution in [1.82, 2.24) is 10.2 Å². The Balaban J connectivity index is 2.05. The van der Waals surface area contributed by atoms with Crippen molar-refractivity contribution in [3.8, 4) is 5.75 Å². The molecule has 144 valence electrons. The lowest BCUT2D eigenvalue weighted by Crippen LogP contribution is -2.49. The third-order valence-corrected chi connectivity index (χ3v) is 4.07. The highest BCUT2D eigenvalue weighted by molar-refractivity contribution is 5.87. The fourth-order valence-electron chi connectivity index (χ4n) is 2.53. The number of nitrogens with one attached hydrogen (secondary N) is 1. The highest BCUT2D eigenvalue weighted by Gasteiger charge is 2.26. The average Bonchev–Trinajstić information content (AvgIpc) is 2.71. The van der Waals surface area contributed by atoms with E-state index in [0.29, 0.717) is 25.4 Å². The van der Waals surface area contributed by atoms with Gasteiger partial charge in [0.15, 0.2) is 6.61 Å². The number of para-hydroxylation sites is 1. The van der Waals surface area contributed by atoms with Gasteiger partial charge in [0.2, 0.25) is 5.91 Å². The van der Waals surface area contributed by atoms with Crippen LogP contribution in [0.25, 0.3) is 0 Å². The number of methoxy groups -OCH3 is 1. The van der Waals surface area contributed by atoms with Crippen LogP contribution in [0.1, 0.15) is 12.5 Å². The minimum absolute atomic E-state index is 0.132. The summed E-state index contributed by atoms with van der Waals surface area (Å²) >= 11 is 0. The van der Waals surface area contributed by atoms with E-state index in [2.05, 4.69) is 5.32 Å². The SMILES string of the molecule is COCCNC(=O)[C@H](C)N(Cc1ccccc1)C(=O)COc1ccccc1. The van der Waals surface area contributed by atoms with Gasteiger partial charge in [0.05, 0.1) is 6.61 Å². The minimum atomic E-state index is -0.631. The maximum Gasteiger partial charge on any atom is 0.261 e. The van der Waals surface area contributed by atoms with Gasteiger partial charge in [0.25, 0.3) is 5.91 Å². The Hall–Kier alpha value is -2.86. The summed E-state index contributed by atoms with van der Waals surface area (Å²) in [6.45, 7) is 2.73. The van der Waals surface area contributed by atoms with Crippen LogP contribution in [0.3, 0.4) is 0 Å². The standard InChI is InChI=1S/C21H26N2O4/c1-17(21(25)22-13-14-26-2)23(15-18-9-5-3-6-10-18)20(24)16-27-19-11-7-4-8-12-19/h3-12,17H,13-16H2,1-2H3,(H,22,25)/t17-/m0/s1. The van der Waals surface area contributed by atoms with Crippen LogP contribution in [0.15, 0.2) is 60.7 Å². The number of benzene rings is 2. The molecule has 0 heterocycles. The zero-order valence-corrected chi connectivity index (χ0v) is 15.8. The first-order valence-corrected chi connectivity index (χ1v) is 8.89. The van der Waals surface area contributed by atoms with Gasteiger partial charge in [-0.1, -0.05) is 48.5 Å². The Morgan fingerprint density at radius 2 is 1.67 bits per heavy atom. The van der Waals surface area contributed by atoms with Crippen molar-refractivity contribution in [1.29, 1.82) is 0 Å². The summed E-state index contributed by atoms with van der Waals surface area (Å²) in [5.41, 5.74) is 0.946. The van der Waals surface area contributed by atoms with Gasteiger partial charge in [-0.3, -0.25) is 9.59 Å². The maximum absolute atomic E-state index is 12.8. The molecule has 0 saturated heterocycles. The fraction of sp³-hybridized carbons (Fsp3) is 0.333. The Morgan fingerprint density at radius 1 is 1.04 bits per heavy atom. The van der Waals surface area contributed by atoms with E-state index < -0.39 is 6.04 Å². The van der Waals surface area contributed by atoms with Crippen LogP contribution in [0.2, 0.25) is 0 Å². The van der Waals surface area contributed by atoms with Gasteiger partial charge in [-0.05, 0) is 24.6 Å². The second kappa shape index (κ2) is 11.0. The minimum Gasteiger partial charge on any atom is -0.484 e. The van der Waals surface area contributed by atoms with Gasteiger partial charge in [-0.15, -0.1) is 0 Å². The summed E-state index contributed by atoms with van der Waals surface area (Å²) < 4.78 is 10.5. The van der Waals surface area contributed by atoms with Crippen LogP contribution >= 0.6 is 0 Å². The summed E-state index contributed by atoms with van der Waals surface area (Å²) in [7, 11) is 1.57. The molecular formula is C21H26N2O4. The van der Waals surface area contributed by atoms with Crippen molar-refractivity contribution >= 4 is 11.8 Å². The van der Waals surface area contributed by atoms with E-state index in [0.717, 1.165) is 5.56 Å². The van der Waals surface area contributed by atoms with Crippen LogP contribution in [0.4, 0.5) is 0 Å².